The SMILES string of the molecule is CCN(c1cc2occc2c(C(=O)NCc2c(OC)cc(C)[nH]c2=O)c1C)C1CCOCC1.CCN(c1cc2occc2c(C(=O)NCc2c(OC)cc(C)[nH]c2=O)c1C)C1CCOCC1.CCN(c1cc2occc2c(C(=O)O)c1C)C1CCOCC1.CCN(c1cc2occc2c(C(=O)OC)c1C)C1CCOCC1.COc1cc(C)[nH]c(=O)c1CN.Cl. The topological polar surface area (TPSA) is 377 Å². The number of furan rings is 4. The number of esters is 1. The summed E-state index contributed by atoms with van der Waals surface area (Å²) in [6.07, 6.45) is 14.1. The van der Waals surface area contributed by atoms with Gasteiger partial charge in [-0.2, -0.15) is 0 Å². The number of aromatic carboxylic acids is 1. The second-order valence-electron chi connectivity index (χ2n) is 30.8. The molecule has 30 nitrogen and oxygen atoms in total. The van der Waals surface area contributed by atoms with Crippen molar-refractivity contribution in [3.63, 3.8) is 0 Å². The molecule has 31 heteroatoms. The quantitative estimate of drug-likeness (QED) is 0.0276. The zero-order valence-corrected chi connectivity index (χ0v) is 74.5. The Bertz CT molecular complexity index is 5490. The van der Waals surface area contributed by atoms with Gasteiger partial charge in [-0.1, -0.05) is 0 Å². The second kappa shape index (κ2) is 44.2. The molecule has 0 saturated carbocycles. The number of ether oxygens (including phenoxy) is 8. The Kier molecular flexibility index (Phi) is 33.7. The number of nitrogens with one attached hydrogen (secondary N) is 5. The number of methoxy groups -OCH3 is 4. The smallest absolute Gasteiger partial charge is 0.338 e. The molecule has 4 aromatic carbocycles. The van der Waals surface area contributed by atoms with Crippen LogP contribution in [0.5, 0.6) is 17.2 Å². The maximum atomic E-state index is 13.4. The van der Waals surface area contributed by atoms with Crippen molar-refractivity contribution in [2.24, 2.45) is 5.73 Å². The first-order chi connectivity index (χ1) is 59.4. The van der Waals surface area contributed by atoms with Gasteiger partial charge in [-0.3, -0.25) is 24.0 Å². The van der Waals surface area contributed by atoms with Crippen LogP contribution in [0, 0.1) is 48.5 Å². The number of rotatable bonds is 24. The summed E-state index contributed by atoms with van der Waals surface area (Å²) in [6.45, 7) is 31.3. The highest BCUT2D eigenvalue weighted by Crippen LogP contribution is 2.40. The van der Waals surface area contributed by atoms with E-state index in [2.05, 4.69) is 72.9 Å². The second-order valence-corrected chi connectivity index (χ2v) is 30.8. The molecule has 15 rings (SSSR count). The number of fused-ring (bicyclic) bond motifs is 4. The van der Waals surface area contributed by atoms with E-state index in [9.17, 15) is 38.7 Å². The Labute approximate surface area is 727 Å². The third-order valence-corrected chi connectivity index (χ3v) is 23.6. The third-order valence-electron chi connectivity index (χ3n) is 23.6. The van der Waals surface area contributed by atoms with Gasteiger partial charge in [0.15, 0.2) is 0 Å². The predicted molar refractivity (Wildman–Crippen MR) is 482 cm³/mol. The van der Waals surface area contributed by atoms with Crippen LogP contribution in [0.15, 0.2) is 124 Å². The summed E-state index contributed by atoms with van der Waals surface area (Å²) in [5.74, 6) is -0.290. The summed E-state index contributed by atoms with van der Waals surface area (Å²) in [6, 6.07) is 22.0. The number of aromatic amines is 3. The van der Waals surface area contributed by atoms with Crippen molar-refractivity contribution < 1.29 is 79.8 Å². The van der Waals surface area contributed by atoms with Gasteiger partial charge in [-0.15, -0.1) is 12.4 Å². The lowest BCUT2D eigenvalue weighted by Crippen LogP contribution is -2.40. The van der Waals surface area contributed by atoms with Gasteiger partial charge in [-0.25, -0.2) is 9.59 Å². The molecule has 0 spiro atoms. The van der Waals surface area contributed by atoms with E-state index in [0.29, 0.717) is 114 Å². The van der Waals surface area contributed by atoms with E-state index in [4.69, 9.17) is 61.3 Å². The Hall–Kier alpha value is -11.5. The number of carbonyl (C=O) groups excluding carboxylic acids is 3. The van der Waals surface area contributed by atoms with Gasteiger partial charge < -0.3 is 112 Å². The van der Waals surface area contributed by atoms with Gasteiger partial charge in [0, 0.05) is 195 Å². The minimum absolute atomic E-state index is 0. The first kappa shape index (κ1) is 94.7. The molecule has 4 fully saturated rings. The molecular formula is C93H119ClN10O20. The molecular weight excluding hydrogens is 1610 g/mol. The highest BCUT2D eigenvalue weighted by Gasteiger charge is 2.32. The zero-order valence-electron chi connectivity index (χ0n) is 73.7. The van der Waals surface area contributed by atoms with Gasteiger partial charge in [0.25, 0.3) is 28.5 Å². The van der Waals surface area contributed by atoms with Crippen molar-refractivity contribution in [3.8, 4) is 17.2 Å². The van der Waals surface area contributed by atoms with E-state index in [1.165, 1.54) is 28.4 Å². The van der Waals surface area contributed by atoms with Crippen molar-refractivity contribution in [1.29, 1.82) is 0 Å². The largest absolute Gasteiger partial charge is 0.496 e. The van der Waals surface area contributed by atoms with Crippen molar-refractivity contribution in [2.75, 3.05) is 127 Å². The number of anilines is 4. The van der Waals surface area contributed by atoms with Crippen LogP contribution in [0.1, 0.15) is 177 Å². The number of hydrogen-bond acceptors (Lipinski definition) is 24. The lowest BCUT2D eigenvalue weighted by molar-refractivity contribution is 0.0600. The summed E-state index contributed by atoms with van der Waals surface area (Å²) in [4.78, 5) is 104. The highest BCUT2D eigenvalue weighted by molar-refractivity contribution is 6.11. The summed E-state index contributed by atoms with van der Waals surface area (Å²) in [7, 11) is 5.96. The fourth-order valence-electron chi connectivity index (χ4n) is 17.4. The summed E-state index contributed by atoms with van der Waals surface area (Å²) in [5.41, 5.74) is 20.3. The normalized spacial score (nSPS) is 14.4. The lowest BCUT2D eigenvalue weighted by Gasteiger charge is -2.36. The molecule has 4 saturated heterocycles. The van der Waals surface area contributed by atoms with Crippen molar-refractivity contribution in [1.82, 2.24) is 25.6 Å². The fraction of sp³-hybridized carbons (Fsp3) is 0.452. The number of nitrogens with two attached hydrogens (primary N) is 1. The van der Waals surface area contributed by atoms with E-state index in [0.717, 1.165) is 203 Å². The molecule has 668 valence electrons. The van der Waals surface area contributed by atoms with Crippen LogP contribution in [0.4, 0.5) is 22.7 Å². The number of aryl methyl sites for hydroxylation is 3. The van der Waals surface area contributed by atoms with E-state index in [-0.39, 0.29) is 66.5 Å². The zero-order chi connectivity index (χ0) is 88.3. The number of benzene rings is 4. The van der Waals surface area contributed by atoms with Gasteiger partial charge in [0.05, 0.1) is 106 Å². The average molecular weight is 1730 g/mol. The Morgan fingerprint density at radius 1 is 0.411 bits per heavy atom. The number of carboxylic acid groups (broad SMARTS) is 1. The molecule has 0 atom stereocenters. The first-order valence-electron chi connectivity index (χ1n) is 42.2. The molecule has 0 aliphatic carbocycles. The minimum atomic E-state index is -0.909. The number of H-pyrrole nitrogens is 3. The lowest BCUT2D eigenvalue weighted by atomic mass is 9.98. The summed E-state index contributed by atoms with van der Waals surface area (Å²) in [5, 5.41) is 18.4. The minimum Gasteiger partial charge on any atom is -0.496 e. The average Bonchev–Trinajstić information content (AvgIpc) is 1.47. The molecule has 0 radical (unpaired) electrons. The molecule has 0 unspecified atom stereocenters. The van der Waals surface area contributed by atoms with Crippen LogP contribution in [0.3, 0.4) is 0 Å². The maximum Gasteiger partial charge on any atom is 0.338 e. The number of pyridine rings is 3. The van der Waals surface area contributed by atoms with Crippen LogP contribution in [0.25, 0.3) is 43.9 Å². The summed E-state index contributed by atoms with van der Waals surface area (Å²) >= 11 is 0. The van der Waals surface area contributed by atoms with Gasteiger partial charge >= 0.3 is 11.9 Å². The molecule has 11 heterocycles. The van der Waals surface area contributed by atoms with E-state index >= 15 is 0 Å². The van der Waals surface area contributed by atoms with Crippen LogP contribution in [-0.4, -0.2) is 175 Å². The van der Waals surface area contributed by atoms with Crippen molar-refractivity contribution in [2.45, 2.75) is 171 Å². The molecule has 0 bridgehead atoms. The number of nitrogens with zero attached hydrogens (tertiary/aromatic N) is 4. The van der Waals surface area contributed by atoms with Crippen LogP contribution >= 0.6 is 12.4 Å². The van der Waals surface area contributed by atoms with Gasteiger partial charge in [0.1, 0.15) is 39.6 Å². The first-order valence-corrected chi connectivity index (χ1v) is 42.2. The number of amides is 2. The van der Waals surface area contributed by atoms with Gasteiger partial charge in [-0.05, 0) is 192 Å². The van der Waals surface area contributed by atoms with Crippen molar-refractivity contribution in [3.05, 3.63) is 201 Å². The fourth-order valence-corrected chi connectivity index (χ4v) is 17.4. The number of halogens is 1. The number of hydrogen-bond donors (Lipinski definition) is 7. The monoisotopic (exact) mass is 1730 g/mol. The highest BCUT2D eigenvalue weighted by atomic mass is 35.5. The predicted octanol–water partition coefficient (Wildman–Crippen LogP) is 14.9. The third kappa shape index (κ3) is 21.4. The van der Waals surface area contributed by atoms with E-state index in [1.807, 2.05) is 70.2 Å². The summed E-state index contributed by atoms with van der Waals surface area (Å²) < 4.78 is 65.2. The number of aromatic nitrogens is 3. The number of carbonyl (C=O) groups is 4. The molecule has 124 heavy (non-hydrogen) atoms. The Morgan fingerprint density at radius 3 is 0.935 bits per heavy atom. The van der Waals surface area contributed by atoms with Crippen LogP contribution < -0.4 is 66.9 Å². The Morgan fingerprint density at radius 2 is 0.669 bits per heavy atom. The van der Waals surface area contributed by atoms with Crippen LogP contribution in [0.2, 0.25) is 0 Å². The van der Waals surface area contributed by atoms with E-state index in [1.54, 1.807) is 70.1 Å². The van der Waals surface area contributed by atoms with Crippen molar-refractivity contribution >= 4 is 103 Å². The maximum absolute atomic E-state index is 13.4. The molecule has 11 aromatic rings. The molecule has 7 aromatic heterocycles. The van der Waals surface area contributed by atoms with E-state index < -0.39 is 5.97 Å². The Balaban J connectivity index is 0.000000167. The molecule has 4 aliphatic heterocycles. The molecule has 4 aliphatic rings. The number of carboxylic acids is 1. The molecule has 2 amide bonds. The molecule has 8 N–H and O–H groups in total. The standard InChI is InChI=1S/2C25H31N3O5.C18H23NO4.C17H21NO4.C8H12N2O2.ClH/c2*1-5-28(17-6-9-32-10-7-17)20-13-22-18(8-11-33-22)23(16(20)3)25(30)26-14-19-21(31-4)12-15(2)27-24(19)29;1-4-19(13-5-8-22-9-6-13)15-11-16-14(7-10-23-16)17(12(15)2)18(20)21-3;1-3-18(12-4-7-21-8-5-12)14-10-15-13(6-9-22-15)16(11(14)2)17(19)20;1-5-3-7(12-2)6(4-9)8(11)10-5;/h2*8,11-13,17H,5-7,9-10,14H2,1-4H3,(H,26,30)(H,27,29);7,10-11,13H,4-6,8-9H2,1-3H3;6,9-10,12H,3-5,7-8H2,1-2H3,(H,19,20);3H,4,9H2,1-2H3,(H,10,11);1H. The van der Waals surface area contributed by atoms with Gasteiger partial charge in [0.2, 0.25) is 0 Å². The van der Waals surface area contributed by atoms with Crippen LogP contribution in [-0.2, 0) is 43.3 Å².